The Labute approximate surface area is 120 Å². The molecule has 0 radical (unpaired) electrons. The molecule has 0 amide bonds. The average Bonchev–Trinajstić information content (AvgIpc) is 3.09. The van der Waals surface area contributed by atoms with Crippen LogP contribution in [0.15, 0.2) is 18.2 Å². The standard InChI is InChI=1S/C16H23FN2O/c1-12(20)13-4-5-16(15(17)10-13)19-9-6-14(11-19)18-7-2-3-8-18/h4-5,10,12,14,20H,2-3,6-9,11H2,1H3/t12-,14?/m0/s1. The molecule has 2 aliphatic rings. The molecule has 2 atom stereocenters. The van der Waals surface area contributed by atoms with Crippen LogP contribution in [0.1, 0.15) is 37.9 Å². The second kappa shape index (κ2) is 5.70. The van der Waals surface area contributed by atoms with Gasteiger partial charge >= 0.3 is 0 Å². The summed E-state index contributed by atoms with van der Waals surface area (Å²) < 4.78 is 14.2. The molecule has 0 saturated carbocycles. The van der Waals surface area contributed by atoms with Crippen molar-refractivity contribution in [2.24, 2.45) is 0 Å². The lowest BCUT2D eigenvalue weighted by molar-refractivity contribution is 0.199. The highest BCUT2D eigenvalue weighted by atomic mass is 19.1. The minimum atomic E-state index is -0.616. The molecule has 2 aliphatic heterocycles. The van der Waals surface area contributed by atoms with Crippen molar-refractivity contribution >= 4 is 5.69 Å². The van der Waals surface area contributed by atoms with Crippen LogP contribution in [0, 0.1) is 5.82 Å². The zero-order valence-corrected chi connectivity index (χ0v) is 12.1. The van der Waals surface area contributed by atoms with Gasteiger partial charge in [-0.15, -0.1) is 0 Å². The number of benzene rings is 1. The lowest BCUT2D eigenvalue weighted by Gasteiger charge is -2.25. The van der Waals surface area contributed by atoms with Crippen LogP contribution in [0.4, 0.5) is 10.1 Å². The summed E-state index contributed by atoms with van der Waals surface area (Å²) in [6.07, 6.45) is 3.11. The van der Waals surface area contributed by atoms with Crippen molar-refractivity contribution < 1.29 is 9.50 Å². The van der Waals surface area contributed by atoms with E-state index in [1.165, 1.54) is 32.0 Å². The molecular formula is C16H23FN2O. The van der Waals surface area contributed by atoms with Gasteiger partial charge in [-0.3, -0.25) is 4.90 Å². The number of anilines is 1. The van der Waals surface area contributed by atoms with Gasteiger partial charge in [-0.25, -0.2) is 4.39 Å². The zero-order chi connectivity index (χ0) is 14.1. The first-order valence-corrected chi connectivity index (χ1v) is 7.61. The lowest BCUT2D eigenvalue weighted by Crippen LogP contribution is -2.35. The molecule has 0 aliphatic carbocycles. The molecule has 1 aromatic carbocycles. The fourth-order valence-electron chi connectivity index (χ4n) is 3.40. The van der Waals surface area contributed by atoms with Crippen molar-refractivity contribution in [3.8, 4) is 0 Å². The van der Waals surface area contributed by atoms with E-state index in [9.17, 15) is 9.50 Å². The van der Waals surface area contributed by atoms with Gasteiger partial charge in [0.05, 0.1) is 11.8 Å². The van der Waals surface area contributed by atoms with E-state index in [-0.39, 0.29) is 5.82 Å². The molecule has 2 heterocycles. The van der Waals surface area contributed by atoms with Crippen LogP contribution in [0.25, 0.3) is 0 Å². The summed E-state index contributed by atoms with van der Waals surface area (Å²) >= 11 is 0. The Morgan fingerprint density at radius 2 is 2.00 bits per heavy atom. The van der Waals surface area contributed by atoms with Gasteiger partial charge in [-0.1, -0.05) is 6.07 Å². The summed E-state index contributed by atoms with van der Waals surface area (Å²) in [5, 5.41) is 9.50. The van der Waals surface area contributed by atoms with E-state index in [0.717, 1.165) is 19.5 Å². The van der Waals surface area contributed by atoms with Gasteiger partial charge in [0.2, 0.25) is 0 Å². The SMILES string of the molecule is C[C@H](O)c1ccc(N2CCC(N3CCCC3)C2)c(F)c1. The summed E-state index contributed by atoms with van der Waals surface area (Å²) in [5.41, 5.74) is 1.32. The third kappa shape index (κ3) is 2.67. The molecule has 20 heavy (non-hydrogen) atoms. The first-order chi connectivity index (χ1) is 9.65. The van der Waals surface area contributed by atoms with Gasteiger partial charge < -0.3 is 10.0 Å². The summed E-state index contributed by atoms with van der Waals surface area (Å²) in [7, 11) is 0. The summed E-state index contributed by atoms with van der Waals surface area (Å²) in [4.78, 5) is 4.69. The predicted octanol–water partition coefficient (Wildman–Crippen LogP) is 2.55. The zero-order valence-electron chi connectivity index (χ0n) is 12.1. The Hall–Kier alpha value is -1.13. The molecular weight excluding hydrogens is 255 g/mol. The van der Waals surface area contributed by atoms with Crippen LogP contribution in [0.3, 0.4) is 0 Å². The minimum Gasteiger partial charge on any atom is -0.389 e. The molecule has 0 spiro atoms. The maximum absolute atomic E-state index is 14.2. The summed E-state index contributed by atoms with van der Waals surface area (Å²) in [5.74, 6) is -0.217. The quantitative estimate of drug-likeness (QED) is 0.920. The highest BCUT2D eigenvalue weighted by Crippen LogP contribution is 2.28. The summed E-state index contributed by atoms with van der Waals surface area (Å²) in [6, 6.07) is 5.67. The van der Waals surface area contributed by atoms with Crippen LogP contribution in [0.2, 0.25) is 0 Å². The molecule has 4 heteroatoms. The number of aliphatic hydroxyl groups excluding tert-OH is 1. The van der Waals surface area contributed by atoms with Crippen LogP contribution in [-0.2, 0) is 0 Å². The highest BCUT2D eigenvalue weighted by Gasteiger charge is 2.30. The molecule has 1 aromatic rings. The number of halogens is 1. The van der Waals surface area contributed by atoms with Crippen molar-refractivity contribution in [3.05, 3.63) is 29.6 Å². The second-order valence-electron chi connectivity index (χ2n) is 6.02. The predicted molar refractivity (Wildman–Crippen MR) is 78.5 cm³/mol. The van der Waals surface area contributed by atoms with Crippen LogP contribution >= 0.6 is 0 Å². The van der Waals surface area contributed by atoms with Crippen molar-refractivity contribution in [1.29, 1.82) is 0 Å². The van der Waals surface area contributed by atoms with E-state index in [4.69, 9.17) is 0 Å². The van der Waals surface area contributed by atoms with Crippen molar-refractivity contribution in [2.75, 3.05) is 31.1 Å². The first kappa shape index (κ1) is 13.8. The van der Waals surface area contributed by atoms with E-state index >= 15 is 0 Å². The van der Waals surface area contributed by atoms with E-state index < -0.39 is 6.10 Å². The second-order valence-corrected chi connectivity index (χ2v) is 6.02. The van der Waals surface area contributed by atoms with Gasteiger partial charge in [0.1, 0.15) is 5.82 Å². The molecule has 3 rings (SSSR count). The topological polar surface area (TPSA) is 26.7 Å². The van der Waals surface area contributed by atoms with Crippen LogP contribution in [-0.4, -0.2) is 42.2 Å². The Balaban J connectivity index is 1.71. The van der Waals surface area contributed by atoms with E-state index in [2.05, 4.69) is 9.80 Å². The Morgan fingerprint density at radius 1 is 1.25 bits per heavy atom. The molecule has 1 N–H and O–H groups in total. The molecule has 0 aromatic heterocycles. The van der Waals surface area contributed by atoms with Gasteiger partial charge in [0, 0.05) is 19.1 Å². The lowest BCUT2D eigenvalue weighted by atomic mass is 10.1. The van der Waals surface area contributed by atoms with E-state index in [0.29, 0.717) is 17.3 Å². The van der Waals surface area contributed by atoms with Gasteiger partial charge in [-0.05, 0) is 57.0 Å². The Bertz CT molecular complexity index is 472. The van der Waals surface area contributed by atoms with Gasteiger partial charge in [0.15, 0.2) is 0 Å². The molecule has 0 bridgehead atoms. The van der Waals surface area contributed by atoms with Crippen molar-refractivity contribution in [1.82, 2.24) is 4.90 Å². The number of likely N-dealkylation sites (tertiary alicyclic amines) is 1. The first-order valence-electron chi connectivity index (χ1n) is 7.61. The molecule has 2 saturated heterocycles. The Kier molecular flexibility index (Phi) is 3.94. The maximum Gasteiger partial charge on any atom is 0.146 e. The van der Waals surface area contributed by atoms with E-state index in [1.807, 2.05) is 12.1 Å². The monoisotopic (exact) mass is 278 g/mol. The number of rotatable bonds is 3. The molecule has 2 fully saturated rings. The normalized spacial score (nSPS) is 25.4. The van der Waals surface area contributed by atoms with Crippen LogP contribution in [0.5, 0.6) is 0 Å². The number of hydrogen-bond acceptors (Lipinski definition) is 3. The number of hydrogen-bond donors (Lipinski definition) is 1. The number of aliphatic hydroxyl groups is 1. The van der Waals surface area contributed by atoms with Crippen LogP contribution < -0.4 is 4.90 Å². The molecule has 110 valence electrons. The van der Waals surface area contributed by atoms with E-state index in [1.54, 1.807) is 6.92 Å². The number of nitrogens with zero attached hydrogens (tertiary/aromatic N) is 2. The largest absolute Gasteiger partial charge is 0.389 e. The van der Waals surface area contributed by atoms with Gasteiger partial charge in [-0.2, -0.15) is 0 Å². The average molecular weight is 278 g/mol. The fourth-order valence-corrected chi connectivity index (χ4v) is 3.40. The third-order valence-electron chi connectivity index (χ3n) is 4.62. The highest BCUT2D eigenvalue weighted by molar-refractivity contribution is 5.50. The molecule has 3 nitrogen and oxygen atoms in total. The summed E-state index contributed by atoms with van der Waals surface area (Å²) in [6.45, 7) is 5.90. The maximum atomic E-state index is 14.2. The fraction of sp³-hybridized carbons (Fsp3) is 0.625. The van der Waals surface area contributed by atoms with Crippen molar-refractivity contribution in [3.63, 3.8) is 0 Å². The minimum absolute atomic E-state index is 0.217. The Morgan fingerprint density at radius 3 is 2.65 bits per heavy atom. The van der Waals surface area contributed by atoms with Gasteiger partial charge in [0.25, 0.3) is 0 Å². The van der Waals surface area contributed by atoms with Crippen molar-refractivity contribution in [2.45, 2.75) is 38.3 Å². The smallest absolute Gasteiger partial charge is 0.146 e. The molecule has 1 unspecified atom stereocenters. The third-order valence-corrected chi connectivity index (χ3v) is 4.62.